The first kappa shape index (κ1) is 10.9. The van der Waals surface area contributed by atoms with E-state index in [-0.39, 0.29) is 0 Å². The van der Waals surface area contributed by atoms with Gasteiger partial charge in [0.05, 0.1) is 0 Å². The Morgan fingerprint density at radius 1 is 1.38 bits per heavy atom. The van der Waals surface area contributed by atoms with Crippen LogP contribution in [0.3, 0.4) is 0 Å². The van der Waals surface area contributed by atoms with Crippen LogP contribution in [0, 0.1) is 0 Å². The Morgan fingerprint density at radius 3 is 2.54 bits per heavy atom. The number of benzene rings is 1. The Morgan fingerprint density at radius 2 is 2.00 bits per heavy atom. The summed E-state index contributed by atoms with van der Waals surface area (Å²) in [4.78, 5) is 1.23. The molecule has 1 rings (SSSR count). The first-order chi connectivity index (χ1) is 6.22. The summed E-state index contributed by atoms with van der Waals surface area (Å²) >= 11 is 7.55. The molecule has 0 amide bonds. The second-order valence-electron chi connectivity index (χ2n) is 2.93. The summed E-state index contributed by atoms with van der Waals surface area (Å²) in [7, 11) is 0. The fourth-order valence-corrected chi connectivity index (χ4v) is 1.95. The highest BCUT2D eigenvalue weighted by atomic mass is 35.5. The Labute approximate surface area is 88.7 Å². The minimum atomic E-state index is 0.292. The third-order valence-corrected chi connectivity index (χ3v) is 3.25. The van der Waals surface area contributed by atoms with E-state index >= 15 is 0 Å². The fourth-order valence-electron chi connectivity index (χ4n) is 0.852. The van der Waals surface area contributed by atoms with Gasteiger partial charge in [-0.05, 0) is 30.7 Å². The Bertz CT molecular complexity index is 248. The van der Waals surface area contributed by atoms with Crippen molar-refractivity contribution >= 4 is 23.4 Å². The molecular formula is C10H14ClNS. The van der Waals surface area contributed by atoms with Gasteiger partial charge in [0.1, 0.15) is 0 Å². The Balaban J connectivity index is 2.41. The molecule has 0 aromatic heterocycles. The molecule has 2 N–H and O–H groups in total. The molecule has 1 aromatic rings. The van der Waals surface area contributed by atoms with Gasteiger partial charge in [-0.15, -0.1) is 11.8 Å². The van der Waals surface area contributed by atoms with E-state index in [9.17, 15) is 0 Å². The van der Waals surface area contributed by atoms with Crippen molar-refractivity contribution in [2.24, 2.45) is 5.73 Å². The van der Waals surface area contributed by atoms with E-state index in [4.69, 9.17) is 17.3 Å². The molecule has 0 bridgehead atoms. The summed E-state index contributed by atoms with van der Waals surface area (Å²) in [5.74, 6) is 0.970. The number of nitrogens with two attached hydrogens (primary N) is 1. The molecule has 0 aliphatic carbocycles. The van der Waals surface area contributed by atoms with Crippen LogP contribution in [0.4, 0.5) is 0 Å². The van der Waals surface area contributed by atoms with Crippen molar-refractivity contribution in [3.8, 4) is 0 Å². The van der Waals surface area contributed by atoms with E-state index in [1.54, 1.807) is 11.8 Å². The van der Waals surface area contributed by atoms with Crippen LogP contribution in [0.15, 0.2) is 29.2 Å². The lowest BCUT2D eigenvalue weighted by Crippen LogP contribution is -2.21. The zero-order valence-electron chi connectivity index (χ0n) is 7.66. The fraction of sp³-hybridized carbons (Fsp3) is 0.400. The first-order valence-corrected chi connectivity index (χ1v) is 5.72. The smallest absolute Gasteiger partial charge is 0.0406 e. The van der Waals surface area contributed by atoms with Crippen molar-refractivity contribution in [1.29, 1.82) is 0 Å². The summed E-state index contributed by atoms with van der Waals surface area (Å²) in [6, 6.07) is 8.15. The van der Waals surface area contributed by atoms with E-state index in [0.717, 1.165) is 17.2 Å². The normalized spacial score (nSPS) is 12.8. The Hall–Kier alpha value is -0.180. The van der Waals surface area contributed by atoms with Crippen LogP contribution in [-0.2, 0) is 0 Å². The SMILES string of the molecule is CCC(N)CSc1ccc(Cl)cc1. The molecule has 1 unspecified atom stereocenters. The van der Waals surface area contributed by atoms with Crippen LogP contribution < -0.4 is 5.73 Å². The summed E-state index contributed by atoms with van der Waals surface area (Å²) in [6.07, 6.45) is 1.03. The predicted molar refractivity (Wildman–Crippen MR) is 60.4 cm³/mol. The van der Waals surface area contributed by atoms with Crippen molar-refractivity contribution in [3.05, 3.63) is 29.3 Å². The van der Waals surface area contributed by atoms with Crippen LogP contribution in [0.2, 0.25) is 5.02 Å². The largest absolute Gasteiger partial charge is 0.327 e. The monoisotopic (exact) mass is 215 g/mol. The van der Waals surface area contributed by atoms with Crippen molar-refractivity contribution in [1.82, 2.24) is 0 Å². The minimum Gasteiger partial charge on any atom is -0.327 e. The number of halogens is 1. The lowest BCUT2D eigenvalue weighted by atomic mass is 10.3. The maximum absolute atomic E-state index is 5.80. The van der Waals surface area contributed by atoms with Gasteiger partial charge in [-0.1, -0.05) is 18.5 Å². The highest BCUT2D eigenvalue weighted by Gasteiger charge is 2.00. The highest BCUT2D eigenvalue weighted by Crippen LogP contribution is 2.20. The molecule has 13 heavy (non-hydrogen) atoms. The number of thioether (sulfide) groups is 1. The molecule has 0 aliphatic heterocycles. The van der Waals surface area contributed by atoms with Gasteiger partial charge in [0.15, 0.2) is 0 Å². The zero-order valence-corrected chi connectivity index (χ0v) is 9.24. The van der Waals surface area contributed by atoms with Crippen LogP contribution in [0.5, 0.6) is 0 Å². The molecule has 0 saturated carbocycles. The summed E-state index contributed by atoms with van der Waals surface area (Å²) in [6.45, 7) is 2.10. The molecule has 0 heterocycles. The van der Waals surface area contributed by atoms with Crippen molar-refractivity contribution in [2.75, 3.05) is 5.75 Å². The standard InChI is InChI=1S/C10H14ClNS/c1-2-9(12)7-13-10-5-3-8(11)4-6-10/h3-6,9H,2,7,12H2,1H3. The molecule has 72 valence electrons. The van der Waals surface area contributed by atoms with Crippen LogP contribution in [0.25, 0.3) is 0 Å². The van der Waals surface area contributed by atoms with E-state index in [2.05, 4.69) is 6.92 Å². The maximum Gasteiger partial charge on any atom is 0.0406 e. The lowest BCUT2D eigenvalue weighted by Gasteiger charge is -2.07. The molecule has 0 aliphatic rings. The van der Waals surface area contributed by atoms with Gasteiger partial charge in [-0.3, -0.25) is 0 Å². The summed E-state index contributed by atoms with van der Waals surface area (Å²) in [5.41, 5.74) is 5.80. The van der Waals surface area contributed by atoms with Gasteiger partial charge in [-0.25, -0.2) is 0 Å². The van der Waals surface area contributed by atoms with Crippen molar-refractivity contribution < 1.29 is 0 Å². The molecule has 1 nitrogen and oxygen atoms in total. The molecule has 1 atom stereocenters. The highest BCUT2D eigenvalue weighted by molar-refractivity contribution is 7.99. The number of rotatable bonds is 4. The van der Waals surface area contributed by atoms with Gasteiger partial charge in [0.25, 0.3) is 0 Å². The van der Waals surface area contributed by atoms with Gasteiger partial charge in [0, 0.05) is 21.7 Å². The number of hydrogen-bond donors (Lipinski definition) is 1. The summed E-state index contributed by atoms with van der Waals surface area (Å²) < 4.78 is 0. The van der Waals surface area contributed by atoms with Crippen LogP contribution >= 0.6 is 23.4 Å². The maximum atomic E-state index is 5.80. The number of hydrogen-bond acceptors (Lipinski definition) is 2. The molecule has 0 radical (unpaired) electrons. The molecule has 3 heteroatoms. The Kier molecular flexibility index (Phi) is 4.64. The molecular weight excluding hydrogens is 202 g/mol. The van der Waals surface area contributed by atoms with Gasteiger partial charge in [-0.2, -0.15) is 0 Å². The van der Waals surface area contributed by atoms with Gasteiger partial charge >= 0.3 is 0 Å². The average molecular weight is 216 g/mol. The molecule has 0 fully saturated rings. The average Bonchev–Trinajstić information content (AvgIpc) is 2.16. The third-order valence-electron chi connectivity index (χ3n) is 1.80. The molecule has 1 aromatic carbocycles. The third kappa shape index (κ3) is 4.03. The predicted octanol–water partition coefficient (Wildman–Crippen LogP) is 3.17. The van der Waals surface area contributed by atoms with E-state index < -0.39 is 0 Å². The quantitative estimate of drug-likeness (QED) is 0.781. The van der Waals surface area contributed by atoms with Crippen molar-refractivity contribution in [3.63, 3.8) is 0 Å². The molecule has 0 saturated heterocycles. The first-order valence-electron chi connectivity index (χ1n) is 4.36. The van der Waals surface area contributed by atoms with E-state index in [1.165, 1.54) is 4.90 Å². The summed E-state index contributed by atoms with van der Waals surface area (Å²) in [5, 5.41) is 0.782. The molecule has 0 spiro atoms. The van der Waals surface area contributed by atoms with Crippen molar-refractivity contribution in [2.45, 2.75) is 24.3 Å². The van der Waals surface area contributed by atoms with Gasteiger partial charge in [0.2, 0.25) is 0 Å². The zero-order chi connectivity index (χ0) is 9.68. The van der Waals surface area contributed by atoms with Crippen LogP contribution in [-0.4, -0.2) is 11.8 Å². The van der Waals surface area contributed by atoms with E-state index in [1.807, 2.05) is 24.3 Å². The van der Waals surface area contributed by atoms with Crippen LogP contribution in [0.1, 0.15) is 13.3 Å². The second-order valence-corrected chi connectivity index (χ2v) is 4.46. The lowest BCUT2D eigenvalue weighted by molar-refractivity contribution is 0.725. The minimum absolute atomic E-state index is 0.292. The second kappa shape index (κ2) is 5.53. The van der Waals surface area contributed by atoms with Gasteiger partial charge < -0.3 is 5.73 Å². The van der Waals surface area contributed by atoms with E-state index in [0.29, 0.717) is 6.04 Å². The topological polar surface area (TPSA) is 26.0 Å².